The second kappa shape index (κ2) is 5.71. The molecule has 100 valence electrons. The largest absolute Gasteiger partial charge is 0.372 e. The Hall–Kier alpha value is -0.0800. The summed E-state index contributed by atoms with van der Waals surface area (Å²) in [6.45, 7) is 5.64. The van der Waals surface area contributed by atoms with Crippen molar-refractivity contribution >= 4 is 0 Å². The summed E-state index contributed by atoms with van der Waals surface area (Å²) in [6, 6.07) is 0. The highest BCUT2D eigenvalue weighted by Gasteiger charge is 2.35. The molecule has 1 saturated carbocycles. The average Bonchev–Trinajstić information content (AvgIpc) is 2.87. The van der Waals surface area contributed by atoms with Crippen molar-refractivity contribution < 1.29 is 4.74 Å². The minimum Gasteiger partial charge on any atom is -0.372 e. The summed E-state index contributed by atoms with van der Waals surface area (Å²) in [6.07, 6.45) is 10.1. The predicted octanol–water partition coefficient (Wildman–Crippen LogP) is 3.36. The van der Waals surface area contributed by atoms with Gasteiger partial charge in [-0.05, 0) is 58.5 Å². The first-order valence-corrected chi connectivity index (χ1v) is 7.43. The van der Waals surface area contributed by atoms with Gasteiger partial charge >= 0.3 is 0 Å². The summed E-state index contributed by atoms with van der Waals surface area (Å²) in [4.78, 5) is 0. The fraction of sp³-hybridized carbons (Fsp3) is 1.00. The maximum absolute atomic E-state index is 6.16. The number of rotatable bonds is 5. The summed E-state index contributed by atoms with van der Waals surface area (Å²) in [5.41, 5.74) is 0.129. The molecule has 2 aliphatic rings. The van der Waals surface area contributed by atoms with Gasteiger partial charge < -0.3 is 10.1 Å². The average molecular weight is 239 g/mol. The molecule has 2 heteroatoms. The van der Waals surface area contributed by atoms with Gasteiger partial charge in [0.2, 0.25) is 0 Å². The SMILES string of the molecule is CNCC(CC1CCC(C)(C)O1)C1CCCC1. The number of nitrogens with one attached hydrogen (secondary N) is 1. The van der Waals surface area contributed by atoms with E-state index >= 15 is 0 Å². The van der Waals surface area contributed by atoms with E-state index in [0.717, 1.165) is 11.8 Å². The van der Waals surface area contributed by atoms with Crippen molar-refractivity contribution in [3.05, 3.63) is 0 Å². The second-order valence-electron chi connectivity index (χ2n) is 6.64. The van der Waals surface area contributed by atoms with Crippen molar-refractivity contribution in [2.75, 3.05) is 13.6 Å². The molecule has 2 nitrogen and oxygen atoms in total. The molecule has 1 heterocycles. The van der Waals surface area contributed by atoms with Crippen molar-refractivity contribution in [1.82, 2.24) is 5.32 Å². The lowest BCUT2D eigenvalue weighted by atomic mass is 9.85. The van der Waals surface area contributed by atoms with Gasteiger partial charge in [0.05, 0.1) is 11.7 Å². The Labute approximate surface area is 107 Å². The second-order valence-corrected chi connectivity index (χ2v) is 6.64. The summed E-state index contributed by atoms with van der Waals surface area (Å²) in [7, 11) is 2.08. The van der Waals surface area contributed by atoms with Gasteiger partial charge in [0.1, 0.15) is 0 Å². The minimum atomic E-state index is 0.129. The highest BCUT2D eigenvalue weighted by atomic mass is 16.5. The van der Waals surface area contributed by atoms with E-state index in [1.165, 1.54) is 51.5 Å². The fourth-order valence-electron chi connectivity index (χ4n) is 3.71. The van der Waals surface area contributed by atoms with E-state index < -0.39 is 0 Å². The Morgan fingerprint density at radius 3 is 2.47 bits per heavy atom. The lowest BCUT2D eigenvalue weighted by molar-refractivity contribution is -0.0277. The molecular weight excluding hydrogens is 210 g/mol. The lowest BCUT2D eigenvalue weighted by Gasteiger charge is -2.27. The third kappa shape index (κ3) is 3.69. The van der Waals surface area contributed by atoms with Gasteiger partial charge in [-0.3, -0.25) is 0 Å². The van der Waals surface area contributed by atoms with Crippen molar-refractivity contribution in [3.63, 3.8) is 0 Å². The van der Waals surface area contributed by atoms with Crippen molar-refractivity contribution in [3.8, 4) is 0 Å². The Morgan fingerprint density at radius 1 is 1.24 bits per heavy atom. The van der Waals surface area contributed by atoms with Crippen LogP contribution in [0.5, 0.6) is 0 Å². The predicted molar refractivity (Wildman–Crippen MR) is 72.2 cm³/mol. The first-order chi connectivity index (χ1) is 8.11. The molecule has 2 fully saturated rings. The molecule has 0 aromatic rings. The van der Waals surface area contributed by atoms with Gasteiger partial charge in [0.25, 0.3) is 0 Å². The molecule has 2 unspecified atom stereocenters. The molecule has 0 amide bonds. The van der Waals surface area contributed by atoms with E-state index in [0.29, 0.717) is 6.10 Å². The molecule has 1 aliphatic carbocycles. The highest BCUT2D eigenvalue weighted by Crippen LogP contribution is 2.38. The van der Waals surface area contributed by atoms with Crippen LogP contribution in [0.25, 0.3) is 0 Å². The Balaban J connectivity index is 1.84. The molecule has 0 radical (unpaired) electrons. The first-order valence-electron chi connectivity index (χ1n) is 7.43. The molecular formula is C15H29NO. The number of hydrogen-bond acceptors (Lipinski definition) is 2. The van der Waals surface area contributed by atoms with Crippen LogP contribution in [0.4, 0.5) is 0 Å². The fourth-order valence-corrected chi connectivity index (χ4v) is 3.71. The Bertz CT molecular complexity index is 233. The molecule has 2 atom stereocenters. The lowest BCUT2D eigenvalue weighted by Crippen LogP contribution is -2.29. The van der Waals surface area contributed by atoms with Gasteiger partial charge in [-0.25, -0.2) is 0 Å². The number of hydrogen-bond donors (Lipinski definition) is 1. The number of ether oxygens (including phenoxy) is 1. The van der Waals surface area contributed by atoms with Gasteiger partial charge in [-0.2, -0.15) is 0 Å². The molecule has 1 saturated heterocycles. The van der Waals surface area contributed by atoms with Crippen LogP contribution in [0.1, 0.15) is 58.8 Å². The van der Waals surface area contributed by atoms with E-state index in [2.05, 4.69) is 26.2 Å². The van der Waals surface area contributed by atoms with Crippen LogP contribution < -0.4 is 5.32 Å². The molecule has 2 rings (SSSR count). The standard InChI is InChI=1S/C15H29NO/c1-15(2)9-8-14(17-15)10-13(11-16-3)12-6-4-5-7-12/h12-14,16H,4-11H2,1-3H3. The molecule has 0 aromatic carbocycles. The van der Waals surface area contributed by atoms with Crippen LogP contribution in [-0.2, 0) is 4.74 Å². The minimum absolute atomic E-state index is 0.129. The third-order valence-corrected chi connectivity index (χ3v) is 4.65. The zero-order valence-corrected chi connectivity index (χ0v) is 11.8. The molecule has 1 aliphatic heterocycles. The van der Waals surface area contributed by atoms with Crippen LogP contribution in [0.2, 0.25) is 0 Å². The van der Waals surface area contributed by atoms with Crippen LogP contribution in [-0.4, -0.2) is 25.3 Å². The highest BCUT2D eigenvalue weighted by molar-refractivity contribution is 4.85. The van der Waals surface area contributed by atoms with E-state index in [-0.39, 0.29) is 5.60 Å². The maximum Gasteiger partial charge on any atom is 0.0631 e. The summed E-state index contributed by atoms with van der Waals surface area (Å²) >= 11 is 0. The molecule has 0 spiro atoms. The zero-order valence-electron chi connectivity index (χ0n) is 11.8. The maximum atomic E-state index is 6.16. The van der Waals surface area contributed by atoms with Gasteiger partial charge in [-0.15, -0.1) is 0 Å². The van der Waals surface area contributed by atoms with E-state index in [1.807, 2.05) is 0 Å². The van der Waals surface area contributed by atoms with Crippen LogP contribution in [0.15, 0.2) is 0 Å². The van der Waals surface area contributed by atoms with Gasteiger partial charge in [-0.1, -0.05) is 25.7 Å². The summed E-state index contributed by atoms with van der Waals surface area (Å²) < 4.78 is 6.16. The normalized spacial score (nSPS) is 30.9. The molecule has 17 heavy (non-hydrogen) atoms. The van der Waals surface area contributed by atoms with Crippen molar-refractivity contribution in [1.29, 1.82) is 0 Å². The van der Waals surface area contributed by atoms with Gasteiger partial charge in [0, 0.05) is 0 Å². The summed E-state index contributed by atoms with van der Waals surface area (Å²) in [5.74, 6) is 1.79. The quantitative estimate of drug-likeness (QED) is 0.794. The molecule has 0 aromatic heterocycles. The smallest absolute Gasteiger partial charge is 0.0631 e. The van der Waals surface area contributed by atoms with Gasteiger partial charge in [0.15, 0.2) is 0 Å². The van der Waals surface area contributed by atoms with E-state index in [9.17, 15) is 0 Å². The Morgan fingerprint density at radius 2 is 1.94 bits per heavy atom. The van der Waals surface area contributed by atoms with E-state index in [1.54, 1.807) is 0 Å². The summed E-state index contributed by atoms with van der Waals surface area (Å²) in [5, 5.41) is 3.38. The monoisotopic (exact) mass is 239 g/mol. The zero-order chi connectivity index (χ0) is 12.3. The third-order valence-electron chi connectivity index (χ3n) is 4.65. The Kier molecular flexibility index (Phi) is 4.48. The van der Waals surface area contributed by atoms with Crippen molar-refractivity contribution in [2.45, 2.75) is 70.5 Å². The topological polar surface area (TPSA) is 21.3 Å². The van der Waals surface area contributed by atoms with Crippen LogP contribution >= 0.6 is 0 Å². The van der Waals surface area contributed by atoms with Crippen molar-refractivity contribution in [2.24, 2.45) is 11.8 Å². The van der Waals surface area contributed by atoms with E-state index in [4.69, 9.17) is 4.74 Å². The molecule has 1 N–H and O–H groups in total. The van der Waals surface area contributed by atoms with Crippen LogP contribution in [0, 0.1) is 11.8 Å². The first kappa shape index (κ1) is 13.4. The molecule has 0 bridgehead atoms. The van der Waals surface area contributed by atoms with Crippen LogP contribution in [0.3, 0.4) is 0 Å².